The molecular formula is C20H23N5O3. The van der Waals surface area contributed by atoms with Gasteiger partial charge in [0, 0.05) is 12.7 Å². The SMILES string of the molecule is Cc1nn(C)c(C)c1NC(=O)CNc1ccccc1C(=O)NCc1ccco1. The van der Waals surface area contributed by atoms with Gasteiger partial charge in [0.05, 0.1) is 42.0 Å². The van der Waals surface area contributed by atoms with Crippen molar-refractivity contribution in [1.82, 2.24) is 15.1 Å². The monoisotopic (exact) mass is 381 g/mol. The van der Waals surface area contributed by atoms with Crippen LogP contribution in [-0.4, -0.2) is 28.1 Å². The van der Waals surface area contributed by atoms with Gasteiger partial charge in [0.15, 0.2) is 0 Å². The number of benzene rings is 1. The van der Waals surface area contributed by atoms with E-state index in [0.29, 0.717) is 29.2 Å². The molecule has 0 fully saturated rings. The summed E-state index contributed by atoms with van der Waals surface area (Å²) in [7, 11) is 1.83. The molecule has 8 heteroatoms. The summed E-state index contributed by atoms with van der Waals surface area (Å²) >= 11 is 0. The second-order valence-electron chi connectivity index (χ2n) is 6.38. The van der Waals surface area contributed by atoms with Crippen LogP contribution in [0, 0.1) is 13.8 Å². The Labute approximate surface area is 162 Å². The van der Waals surface area contributed by atoms with Crippen LogP contribution in [0.1, 0.15) is 27.5 Å². The number of aryl methyl sites for hydroxylation is 2. The van der Waals surface area contributed by atoms with Crippen LogP contribution in [0.15, 0.2) is 47.1 Å². The number of rotatable bonds is 7. The molecule has 0 radical (unpaired) electrons. The Hall–Kier alpha value is -3.55. The number of hydrogen-bond acceptors (Lipinski definition) is 5. The molecule has 146 valence electrons. The van der Waals surface area contributed by atoms with Gasteiger partial charge >= 0.3 is 0 Å². The minimum Gasteiger partial charge on any atom is -0.467 e. The lowest BCUT2D eigenvalue weighted by Crippen LogP contribution is -2.26. The summed E-state index contributed by atoms with van der Waals surface area (Å²) in [5.41, 5.74) is 3.37. The molecule has 0 unspecified atom stereocenters. The van der Waals surface area contributed by atoms with Crippen molar-refractivity contribution in [3.8, 4) is 0 Å². The number of para-hydroxylation sites is 1. The molecule has 0 saturated carbocycles. The molecule has 0 atom stereocenters. The highest BCUT2D eigenvalue weighted by atomic mass is 16.3. The summed E-state index contributed by atoms with van der Waals surface area (Å²) in [6, 6.07) is 10.6. The number of amides is 2. The molecule has 2 amide bonds. The van der Waals surface area contributed by atoms with E-state index in [-0.39, 0.29) is 18.4 Å². The number of nitrogens with one attached hydrogen (secondary N) is 3. The van der Waals surface area contributed by atoms with Crippen LogP contribution < -0.4 is 16.0 Å². The van der Waals surface area contributed by atoms with Gasteiger partial charge < -0.3 is 20.4 Å². The van der Waals surface area contributed by atoms with E-state index in [4.69, 9.17) is 4.42 Å². The minimum absolute atomic E-state index is 0.0241. The largest absolute Gasteiger partial charge is 0.467 e. The molecule has 3 rings (SSSR count). The van der Waals surface area contributed by atoms with E-state index in [2.05, 4.69) is 21.0 Å². The summed E-state index contributed by atoms with van der Waals surface area (Å²) in [6.45, 7) is 4.05. The summed E-state index contributed by atoms with van der Waals surface area (Å²) in [6.07, 6.45) is 1.56. The third-order valence-electron chi connectivity index (χ3n) is 4.39. The van der Waals surface area contributed by atoms with Crippen molar-refractivity contribution in [2.75, 3.05) is 17.2 Å². The molecule has 3 aromatic rings. The second-order valence-corrected chi connectivity index (χ2v) is 6.38. The molecule has 8 nitrogen and oxygen atoms in total. The average molecular weight is 381 g/mol. The fraction of sp³-hybridized carbons (Fsp3) is 0.250. The zero-order valence-electron chi connectivity index (χ0n) is 16.1. The zero-order valence-corrected chi connectivity index (χ0v) is 16.1. The van der Waals surface area contributed by atoms with Gasteiger partial charge in [-0.25, -0.2) is 0 Å². The number of carbonyl (C=O) groups is 2. The first kappa shape index (κ1) is 19.2. The van der Waals surface area contributed by atoms with Crippen LogP contribution in [0.25, 0.3) is 0 Å². The Morgan fingerprint density at radius 2 is 1.93 bits per heavy atom. The van der Waals surface area contributed by atoms with Gasteiger partial charge in [-0.1, -0.05) is 12.1 Å². The summed E-state index contributed by atoms with van der Waals surface area (Å²) in [4.78, 5) is 24.8. The molecule has 28 heavy (non-hydrogen) atoms. The van der Waals surface area contributed by atoms with E-state index in [1.807, 2.05) is 20.9 Å². The normalized spacial score (nSPS) is 10.5. The first-order valence-corrected chi connectivity index (χ1v) is 8.89. The Morgan fingerprint density at radius 1 is 1.14 bits per heavy atom. The molecule has 0 spiro atoms. The molecule has 3 N–H and O–H groups in total. The van der Waals surface area contributed by atoms with Gasteiger partial charge in [-0.05, 0) is 38.1 Å². The van der Waals surface area contributed by atoms with Crippen LogP contribution in [-0.2, 0) is 18.4 Å². The number of aromatic nitrogens is 2. The van der Waals surface area contributed by atoms with Crippen molar-refractivity contribution in [3.63, 3.8) is 0 Å². The lowest BCUT2D eigenvalue weighted by atomic mass is 10.1. The Bertz CT molecular complexity index is 976. The van der Waals surface area contributed by atoms with Crippen molar-refractivity contribution in [2.45, 2.75) is 20.4 Å². The van der Waals surface area contributed by atoms with Crippen LogP contribution in [0.2, 0.25) is 0 Å². The maximum atomic E-state index is 12.5. The number of carbonyl (C=O) groups excluding carboxylic acids is 2. The number of furan rings is 1. The second kappa shape index (κ2) is 8.43. The first-order valence-electron chi connectivity index (χ1n) is 8.89. The number of hydrogen-bond donors (Lipinski definition) is 3. The quantitative estimate of drug-likeness (QED) is 0.584. The Balaban J connectivity index is 1.61. The summed E-state index contributed by atoms with van der Waals surface area (Å²) in [5.74, 6) is 0.198. The van der Waals surface area contributed by atoms with Crippen LogP contribution in [0.4, 0.5) is 11.4 Å². The van der Waals surface area contributed by atoms with Crippen molar-refractivity contribution in [3.05, 3.63) is 65.4 Å². The van der Waals surface area contributed by atoms with Crippen molar-refractivity contribution < 1.29 is 14.0 Å². The zero-order chi connectivity index (χ0) is 20.1. The average Bonchev–Trinajstić information content (AvgIpc) is 3.29. The predicted molar refractivity (Wildman–Crippen MR) is 106 cm³/mol. The fourth-order valence-electron chi connectivity index (χ4n) is 2.82. The predicted octanol–water partition coefficient (Wildman–Crippen LogP) is 2.61. The molecule has 0 aliphatic heterocycles. The smallest absolute Gasteiger partial charge is 0.253 e. The van der Waals surface area contributed by atoms with E-state index < -0.39 is 0 Å². The van der Waals surface area contributed by atoms with E-state index in [1.165, 1.54) is 0 Å². The van der Waals surface area contributed by atoms with Gasteiger partial charge in [-0.3, -0.25) is 14.3 Å². The first-order chi connectivity index (χ1) is 13.5. The standard InChI is InChI=1S/C20H23N5O3/c1-13-19(14(2)25(3)24-13)23-18(26)12-21-17-9-5-4-8-16(17)20(27)22-11-15-7-6-10-28-15/h4-10,21H,11-12H2,1-3H3,(H,22,27)(H,23,26). The minimum atomic E-state index is -0.251. The van der Waals surface area contributed by atoms with E-state index in [1.54, 1.807) is 47.3 Å². The van der Waals surface area contributed by atoms with Crippen LogP contribution in [0.3, 0.4) is 0 Å². The molecule has 0 aliphatic carbocycles. The summed E-state index contributed by atoms with van der Waals surface area (Å²) < 4.78 is 6.94. The topological polar surface area (TPSA) is 101 Å². The van der Waals surface area contributed by atoms with Gasteiger partial charge in [0.1, 0.15) is 5.76 Å². The maximum absolute atomic E-state index is 12.5. The van der Waals surface area contributed by atoms with Gasteiger partial charge in [-0.15, -0.1) is 0 Å². The highest BCUT2D eigenvalue weighted by Crippen LogP contribution is 2.19. The Kier molecular flexibility index (Phi) is 5.78. The van der Waals surface area contributed by atoms with Gasteiger partial charge in [0.25, 0.3) is 5.91 Å². The lowest BCUT2D eigenvalue weighted by Gasteiger charge is -2.12. The number of anilines is 2. The molecule has 2 heterocycles. The molecule has 0 bridgehead atoms. The summed E-state index contributed by atoms with van der Waals surface area (Å²) in [5, 5.41) is 13.0. The number of nitrogens with zero attached hydrogens (tertiary/aromatic N) is 2. The highest BCUT2D eigenvalue weighted by Gasteiger charge is 2.14. The van der Waals surface area contributed by atoms with Crippen LogP contribution in [0.5, 0.6) is 0 Å². The highest BCUT2D eigenvalue weighted by molar-refractivity contribution is 6.01. The van der Waals surface area contributed by atoms with Gasteiger partial charge in [0.2, 0.25) is 5.91 Å². The van der Waals surface area contributed by atoms with Gasteiger partial charge in [-0.2, -0.15) is 5.10 Å². The Morgan fingerprint density at radius 3 is 2.61 bits per heavy atom. The molecule has 0 saturated heterocycles. The van der Waals surface area contributed by atoms with Crippen LogP contribution >= 0.6 is 0 Å². The van der Waals surface area contributed by atoms with E-state index in [9.17, 15) is 9.59 Å². The van der Waals surface area contributed by atoms with E-state index >= 15 is 0 Å². The fourth-order valence-corrected chi connectivity index (χ4v) is 2.82. The molecule has 0 aliphatic rings. The van der Waals surface area contributed by atoms with Crippen molar-refractivity contribution in [2.24, 2.45) is 7.05 Å². The third-order valence-corrected chi connectivity index (χ3v) is 4.39. The van der Waals surface area contributed by atoms with E-state index in [0.717, 1.165) is 11.4 Å². The third kappa shape index (κ3) is 4.40. The van der Waals surface area contributed by atoms with Crippen molar-refractivity contribution in [1.29, 1.82) is 0 Å². The molecular weight excluding hydrogens is 358 g/mol. The molecule has 2 aromatic heterocycles. The lowest BCUT2D eigenvalue weighted by molar-refractivity contribution is -0.114. The van der Waals surface area contributed by atoms with Crippen molar-refractivity contribution >= 4 is 23.2 Å². The maximum Gasteiger partial charge on any atom is 0.253 e. The molecule has 1 aromatic carbocycles.